The molecule has 0 radical (unpaired) electrons. The van der Waals surface area contributed by atoms with E-state index in [0.717, 1.165) is 18.7 Å². The first-order chi connectivity index (χ1) is 7.36. The summed E-state index contributed by atoms with van der Waals surface area (Å²) in [6, 6.07) is 4.13. The molecule has 15 heavy (non-hydrogen) atoms. The average molecular weight is 243 g/mol. The minimum atomic E-state index is 0.0917. The van der Waals surface area contributed by atoms with E-state index in [1.54, 1.807) is 23.1 Å². The second-order valence-electron chi connectivity index (χ2n) is 3.25. The fourth-order valence-corrected chi connectivity index (χ4v) is 3.08. The molecule has 1 fully saturated rings. The number of nitrogens with zero attached hydrogens (tertiary/aromatic N) is 1. The standard InChI is InChI=1S/C10H13NO2S2/c12-10(11-4-2-5-13-11)8-14-7-9-3-1-6-15-9/h1,3,6H,2,4-5,7-8H2. The van der Waals surface area contributed by atoms with Crippen molar-refractivity contribution in [2.75, 3.05) is 18.9 Å². The highest BCUT2D eigenvalue weighted by atomic mass is 32.2. The van der Waals surface area contributed by atoms with E-state index in [2.05, 4.69) is 11.4 Å². The monoisotopic (exact) mass is 243 g/mol. The highest BCUT2D eigenvalue weighted by Gasteiger charge is 2.18. The maximum absolute atomic E-state index is 11.6. The van der Waals surface area contributed by atoms with Crippen LogP contribution in [0.1, 0.15) is 11.3 Å². The number of rotatable bonds is 4. The van der Waals surface area contributed by atoms with E-state index in [4.69, 9.17) is 4.84 Å². The normalized spacial score (nSPS) is 15.9. The lowest BCUT2D eigenvalue weighted by molar-refractivity contribution is -0.165. The predicted octanol–water partition coefficient (Wildman–Crippen LogP) is 2.15. The molecule has 0 aromatic carbocycles. The first-order valence-electron chi connectivity index (χ1n) is 4.89. The highest BCUT2D eigenvalue weighted by molar-refractivity contribution is 7.99. The van der Waals surface area contributed by atoms with Crippen molar-refractivity contribution >= 4 is 29.0 Å². The molecule has 1 aliphatic heterocycles. The molecule has 82 valence electrons. The summed E-state index contributed by atoms with van der Waals surface area (Å²) in [6.07, 6.45) is 0.960. The zero-order valence-corrected chi connectivity index (χ0v) is 9.98. The second-order valence-corrected chi connectivity index (χ2v) is 5.27. The molecule has 0 saturated carbocycles. The SMILES string of the molecule is O=C(CSCc1cccs1)N1CCCO1. The van der Waals surface area contributed by atoms with Crippen molar-refractivity contribution < 1.29 is 9.63 Å². The van der Waals surface area contributed by atoms with Crippen LogP contribution in [0.25, 0.3) is 0 Å². The Morgan fingerprint density at radius 3 is 3.27 bits per heavy atom. The number of carbonyl (C=O) groups excluding carboxylic acids is 1. The largest absolute Gasteiger partial charge is 0.272 e. The summed E-state index contributed by atoms with van der Waals surface area (Å²) in [5.74, 6) is 1.52. The summed E-state index contributed by atoms with van der Waals surface area (Å²) in [7, 11) is 0. The Kier molecular flexibility index (Phi) is 4.05. The number of carbonyl (C=O) groups is 1. The van der Waals surface area contributed by atoms with Crippen molar-refractivity contribution in [3.63, 3.8) is 0 Å². The van der Waals surface area contributed by atoms with Crippen LogP contribution in [0, 0.1) is 0 Å². The van der Waals surface area contributed by atoms with Crippen LogP contribution in [0.15, 0.2) is 17.5 Å². The summed E-state index contributed by atoms with van der Waals surface area (Å²) in [5.41, 5.74) is 0. The lowest BCUT2D eigenvalue weighted by Crippen LogP contribution is -2.28. The Hall–Kier alpha value is -0.520. The third kappa shape index (κ3) is 3.22. The van der Waals surface area contributed by atoms with E-state index in [9.17, 15) is 4.79 Å². The van der Waals surface area contributed by atoms with Gasteiger partial charge < -0.3 is 0 Å². The van der Waals surface area contributed by atoms with E-state index < -0.39 is 0 Å². The van der Waals surface area contributed by atoms with Gasteiger partial charge in [0, 0.05) is 10.6 Å². The van der Waals surface area contributed by atoms with E-state index in [0.29, 0.717) is 12.4 Å². The van der Waals surface area contributed by atoms with Crippen molar-refractivity contribution in [2.45, 2.75) is 12.2 Å². The quantitative estimate of drug-likeness (QED) is 0.811. The van der Waals surface area contributed by atoms with Crippen molar-refractivity contribution in [1.82, 2.24) is 5.06 Å². The smallest absolute Gasteiger partial charge is 0.256 e. The molecule has 0 N–H and O–H groups in total. The number of thiophene rings is 1. The molecule has 1 aliphatic rings. The van der Waals surface area contributed by atoms with Gasteiger partial charge in [0.2, 0.25) is 0 Å². The molecular weight excluding hydrogens is 230 g/mol. The number of amides is 1. The average Bonchev–Trinajstić information content (AvgIpc) is 2.90. The lowest BCUT2D eigenvalue weighted by atomic mass is 10.5. The Bertz CT molecular complexity index is 307. The number of thioether (sulfide) groups is 1. The van der Waals surface area contributed by atoms with Gasteiger partial charge in [-0.15, -0.1) is 23.1 Å². The van der Waals surface area contributed by atoms with Crippen LogP contribution in [0.3, 0.4) is 0 Å². The van der Waals surface area contributed by atoms with Crippen molar-refractivity contribution in [1.29, 1.82) is 0 Å². The zero-order valence-electron chi connectivity index (χ0n) is 8.35. The first kappa shape index (κ1) is 11.0. The number of hydrogen-bond donors (Lipinski definition) is 0. The Morgan fingerprint density at radius 2 is 2.60 bits per heavy atom. The number of hydroxylamine groups is 2. The molecule has 2 rings (SSSR count). The maximum atomic E-state index is 11.6. The van der Waals surface area contributed by atoms with Crippen molar-refractivity contribution in [3.05, 3.63) is 22.4 Å². The summed E-state index contributed by atoms with van der Waals surface area (Å²) < 4.78 is 0. The van der Waals surface area contributed by atoms with Crippen LogP contribution in [-0.4, -0.2) is 29.9 Å². The van der Waals surface area contributed by atoms with E-state index in [-0.39, 0.29) is 5.91 Å². The molecule has 5 heteroatoms. The molecule has 0 unspecified atom stereocenters. The van der Waals surface area contributed by atoms with Crippen LogP contribution < -0.4 is 0 Å². The summed E-state index contributed by atoms with van der Waals surface area (Å²) in [6.45, 7) is 1.43. The van der Waals surface area contributed by atoms with Gasteiger partial charge in [-0.3, -0.25) is 9.63 Å². The second kappa shape index (κ2) is 5.53. The zero-order chi connectivity index (χ0) is 10.5. The van der Waals surface area contributed by atoms with Gasteiger partial charge in [0.15, 0.2) is 0 Å². The van der Waals surface area contributed by atoms with Crippen molar-refractivity contribution in [3.8, 4) is 0 Å². The molecule has 0 atom stereocenters. The van der Waals surface area contributed by atoms with Crippen LogP contribution in [0.2, 0.25) is 0 Å². The van der Waals surface area contributed by atoms with Gasteiger partial charge in [-0.05, 0) is 17.9 Å². The van der Waals surface area contributed by atoms with Gasteiger partial charge >= 0.3 is 0 Å². The summed E-state index contributed by atoms with van der Waals surface area (Å²) in [4.78, 5) is 18.0. The number of hydrogen-bond acceptors (Lipinski definition) is 4. The molecule has 0 bridgehead atoms. The summed E-state index contributed by atoms with van der Waals surface area (Å²) in [5, 5.41) is 3.54. The van der Waals surface area contributed by atoms with E-state index in [1.165, 1.54) is 9.94 Å². The fraction of sp³-hybridized carbons (Fsp3) is 0.500. The third-order valence-electron chi connectivity index (χ3n) is 2.08. The molecule has 1 aromatic rings. The first-order valence-corrected chi connectivity index (χ1v) is 6.93. The molecule has 2 heterocycles. The molecule has 0 aliphatic carbocycles. The van der Waals surface area contributed by atoms with Gasteiger partial charge in [-0.25, -0.2) is 5.06 Å². The summed E-state index contributed by atoms with van der Waals surface area (Å²) >= 11 is 3.37. The van der Waals surface area contributed by atoms with Gasteiger partial charge in [0.25, 0.3) is 5.91 Å². The van der Waals surface area contributed by atoms with Gasteiger partial charge in [-0.2, -0.15) is 0 Å². The predicted molar refractivity (Wildman–Crippen MR) is 62.8 cm³/mol. The maximum Gasteiger partial charge on any atom is 0.256 e. The molecule has 3 nitrogen and oxygen atoms in total. The van der Waals surface area contributed by atoms with Crippen LogP contribution in [0.5, 0.6) is 0 Å². The van der Waals surface area contributed by atoms with Crippen molar-refractivity contribution in [2.24, 2.45) is 0 Å². The molecule has 1 amide bonds. The van der Waals surface area contributed by atoms with Gasteiger partial charge in [0.05, 0.1) is 18.9 Å². The van der Waals surface area contributed by atoms with Gasteiger partial charge in [0.1, 0.15) is 0 Å². The molecule has 1 aromatic heterocycles. The third-order valence-corrected chi connectivity index (χ3v) is 4.11. The molecular formula is C10H13NO2S2. The van der Waals surface area contributed by atoms with E-state index >= 15 is 0 Å². The topological polar surface area (TPSA) is 29.5 Å². The van der Waals surface area contributed by atoms with Gasteiger partial charge in [-0.1, -0.05) is 6.07 Å². The van der Waals surface area contributed by atoms with Crippen LogP contribution in [0.4, 0.5) is 0 Å². The molecule has 1 saturated heterocycles. The minimum Gasteiger partial charge on any atom is -0.272 e. The van der Waals surface area contributed by atoms with Crippen LogP contribution in [-0.2, 0) is 15.4 Å². The minimum absolute atomic E-state index is 0.0917. The fourth-order valence-electron chi connectivity index (χ4n) is 1.35. The lowest BCUT2D eigenvalue weighted by Gasteiger charge is -2.12. The Labute approximate surface area is 97.4 Å². The molecule has 0 spiro atoms. The Balaban J connectivity index is 1.67. The Morgan fingerprint density at radius 1 is 1.67 bits per heavy atom. The van der Waals surface area contributed by atoms with Crippen LogP contribution >= 0.6 is 23.1 Å². The highest BCUT2D eigenvalue weighted by Crippen LogP contribution is 2.18. The van der Waals surface area contributed by atoms with E-state index in [1.807, 2.05) is 6.07 Å².